The van der Waals surface area contributed by atoms with E-state index in [9.17, 15) is 0 Å². The molecule has 3 nitrogen and oxygen atoms in total. The predicted octanol–water partition coefficient (Wildman–Crippen LogP) is 2.41. The van der Waals surface area contributed by atoms with Crippen molar-refractivity contribution < 1.29 is 4.74 Å². The van der Waals surface area contributed by atoms with Gasteiger partial charge in [0.25, 0.3) is 0 Å². The zero-order valence-electron chi connectivity index (χ0n) is 12.2. The average Bonchev–Trinajstić information content (AvgIpc) is 2.70. The van der Waals surface area contributed by atoms with Gasteiger partial charge < -0.3 is 10.1 Å². The van der Waals surface area contributed by atoms with E-state index in [4.69, 9.17) is 4.74 Å². The number of hydrogen-bond donors (Lipinski definition) is 1. The summed E-state index contributed by atoms with van der Waals surface area (Å²) < 4.78 is 5.29. The third kappa shape index (κ3) is 4.30. The van der Waals surface area contributed by atoms with Crippen molar-refractivity contribution in [1.29, 1.82) is 0 Å². The van der Waals surface area contributed by atoms with Crippen LogP contribution >= 0.6 is 0 Å². The minimum atomic E-state index is 0.700. The minimum Gasteiger partial charge on any atom is -0.380 e. The highest BCUT2D eigenvalue weighted by molar-refractivity contribution is 5.26. The standard InChI is InChI=1S/C16H26N2O/c1-18(16-8-5-10-17-11-9-16)12-14-6-3-4-7-15(14)13-19-2/h3-4,6-7,16-17H,5,8-13H2,1-2H3. The Balaban J connectivity index is 1.99. The molecule has 3 heteroatoms. The SMILES string of the molecule is COCc1ccccc1CN(C)C1CCCNCC1. The van der Waals surface area contributed by atoms with E-state index >= 15 is 0 Å². The quantitative estimate of drug-likeness (QED) is 0.882. The smallest absolute Gasteiger partial charge is 0.0716 e. The van der Waals surface area contributed by atoms with Crippen molar-refractivity contribution in [3.05, 3.63) is 35.4 Å². The molecule has 1 atom stereocenters. The van der Waals surface area contributed by atoms with Crippen molar-refractivity contribution in [2.45, 2.75) is 38.5 Å². The third-order valence-electron chi connectivity index (χ3n) is 4.01. The molecule has 19 heavy (non-hydrogen) atoms. The van der Waals surface area contributed by atoms with E-state index in [2.05, 4.69) is 41.5 Å². The molecule has 1 aliphatic heterocycles. The lowest BCUT2D eigenvalue weighted by Gasteiger charge is -2.27. The summed E-state index contributed by atoms with van der Waals surface area (Å²) in [6, 6.07) is 9.30. The Morgan fingerprint density at radius 3 is 2.79 bits per heavy atom. The van der Waals surface area contributed by atoms with Crippen LogP contribution < -0.4 is 5.32 Å². The summed E-state index contributed by atoms with van der Waals surface area (Å²) >= 11 is 0. The summed E-state index contributed by atoms with van der Waals surface area (Å²) in [5, 5.41) is 3.48. The lowest BCUT2D eigenvalue weighted by atomic mass is 10.0. The molecule has 1 saturated heterocycles. The first-order valence-corrected chi connectivity index (χ1v) is 7.28. The summed E-state index contributed by atoms with van der Waals surface area (Å²) in [5.74, 6) is 0. The highest BCUT2D eigenvalue weighted by Crippen LogP contribution is 2.17. The molecule has 0 aromatic heterocycles. The van der Waals surface area contributed by atoms with E-state index in [1.54, 1.807) is 7.11 Å². The van der Waals surface area contributed by atoms with Crippen LogP contribution in [0, 0.1) is 0 Å². The van der Waals surface area contributed by atoms with E-state index in [1.165, 1.54) is 36.9 Å². The maximum atomic E-state index is 5.29. The molecular weight excluding hydrogens is 236 g/mol. The molecule has 2 rings (SSSR count). The highest BCUT2D eigenvalue weighted by Gasteiger charge is 2.17. The van der Waals surface area contributed by atoms with Crippen LogP contribution in [0.4, 0.5) is 0 Å². The first-order chi connectivity index (χ1) is 9.31. The molecule has 1 aliphatic rings. The van der Waals surface area contributed by atoms with E-state index < -0.39 is 0 Å². The van der Waals surface area contributed by atoms with Gasteiger partial charge in [0.05, 0.1) is 6.61 Å². The Labute approximate surface area is 116 Å². The Bertz CT molecular complexity index is 373. The Kier molecular flexibility index (Phi) is 5.83. The van der Waals surface area contributed by atoms with Gasteiger partial charge in [0.1, 0.15) is 0 Å². The Hall–Kier alpha value is -0.900. The molecule has 0 spiro atoms. The molecule has 0 saturated carbocycles. The summed E-state index contributed by atoms with van der Waals surface area (Å²) in [7, 11) is 4.01. The van der Waals surface area contributed by atoms with Crippen molar-refractivity contribution in [3.63, 3.8) is 0 Å². The fourth-order valence-corrected chi connectivity index (χ4v) is 2.85. The third-order valence-corrected chi connectivity index (χ3v) is 4.01. The summed E-state index contributed by atoms with van der Waals surface area (Å²) in [4.78, 5) is 2.50. The zero-order chi connectivity index (χ0) is 13.5. The van der Waals surface area contributed by atoms with Crippen LogP contribution in [0.15, 0.2) is 24.3 Å². The van der Waals surface area contributed by atoms with Crippen LogP contribution in [-0.4, -0.2) is 38.2 Å². The fraction of sp³-hybridized carbons (Fsp3) is 0.625. The van der Waals surface area contributed by atoms with Crippen molar-refractivity contribution in [2.24, 2.45) is 0 Å². The van der Waals surface area contributed by atoms with Gasteiger partial charge in [-0.3, -0.25) is 4.90 Å². The zero-order valence-corrected chi connectivity index (χ0v) is 12.2. The number of benzene rings is 1. The van der Waals surface area contributed by atoms with Crippen LogP contribution in [-0.2, 0) is 17.9 Å². The van der Waals surface area contributed by atoms with Gasteiger partial charge in [-0.15, -0.1) is 0 Å². The molecule has 0 radical (unpaired) electrons. The van der Waals surface area contributed by atoms with Gasteiger partial charge in [-0.1, -0.05) is 24.3 Å². The van der Waals surface area contributed by atoms with Gasteiger partial charge in [0.15, 0.2) is 0 Å². The molecule has 1 unspecified atom stereocenters. The summed E-state index contributed by atoms with van der Waals surface area (Å²) in [6.45, 7) is 4.04. The number of nitrogens with one attached hydrogen (secondary N) is 1. The highest BCUT2D eigenvalue weighted by atomic mass is 16.5. The maximum absolute atomic E-state index is 5.29. The molecule has 0 bridgehead atoms. The van der Waals surface area contributed by atoms with E-state index in [-0.39, 0.29) is 0 Å². The second-order valence-electron chi connectivity index (χ2n) is 5.45. The molecular formula is C16H26N2O. The maximum Gasteiger partial charge on any atom is 0.0716 e. The second-order valence-corrected chi connectivity index (χ2v) is 5.45. The van der Waals surface area contributed by atoms with Gasteiger partial charge in [0, 0.05) is 19.7 Å². The van der Waals surface area contributed by atoms with Crippen molar-refractivity contribution >= 4 is 0 Å². The van der Waals surface area contributed by atoms with E-state index in [0.29, 0.717) is 12.6 Å². The van der Waals surface area contributed by atoms with E-state index in [1.807, 2.05) is 0 Å². The minimum absolute atomic E-state index is 0.700. The second kappa shape index (κ2) is 7.63. The van der Waals surface area contributed by atoms with Crippen molar-refractivity contribution in [1.82, 2.24) is 10.2 Å². The number of methoxy groups -OCH3 is 1. The van der Waals surface area contributed by atoms with Gasteiger partial charge in [-0.2, -0.15) is 0 Å². The van der Waals surface area contributed by atoms with Crippen molar-refractivity contribution in [3.8, 4) is 0 Å². The molecule has 0 amide bonds. The van der Waals surface area contributed by atoms with Crippen molar-refractivity contribution in [2.75, 3.05) is 27.2 Å². The summed E-state index contributed by atoms with van der Waals surface area (Å²) in [5.41, 5.74) is 2.70. The van der Waals surface area contributed by atoms with Crippen LogP contribution in [0.2, 0.25) is 0 Å². The molecule has 1 fully saturated rings. The monoisotopic (exact) mass is 262 g/mol. The Morgan fingerprint density at radius 2 is 2.00 bits per heavy atom. The normalized spacial score (nSPS) is 20.5. The van der Waals surface area contributed by atoms with Crippen LogP contribution in [0.25, 0.3) is 0 Å². The van der Waals surface area contributed by atoms with Gasteiger partial charge in [-0.25, -0.2) is 0 Å². The molecule has 1 heterocycles. The number of hydrogen-bond acceptors (Lipinski definition) is 3. The Morgan fingerprint density at radius 1 is 1.21 bits per heavy atom. The van der Waals surface area contributed by atoms with Crippen LogP contribution in [0.1, 0.15) is 30.4 Å². The molecule has 0 aliphatic carbocycles. The van der Waals surface area contributed by atoms with Gasteiger partial charge in [0.2, 0.25) is 0 Å². The number of rotatable bonds is 5. The fourth-order valence-electron chi connectivity index (χ4n) is 2.85. The lowest BCUT2D eigenvalue weighted by molar-refractivity contribution is 0.180. The first kappa shape index (κ1) is 14.5. The average molecular weight is 262 g/mol. The predicted molar refractivity (Wildman–Crippen MR) is 79.1 cm³/mol. The number of nitrogens with zero attached hydrogens (tertiary/aromatic N) is 1. The molecule has 1 aromatic rings. The topological polar surface area (TPSA) is 24.5 Å². The van der Waals surface area contributed by atoms with Gasteiger partial charge >= 0.3 is 0 Å². The first-order valence-electron chi connectivity index (χ1n) is 7.28. The molecule has 1 aromatic carbocycles. The molecule has 106 valence electrons. The lowest BCUT2D eigenvalue weighted by Crippen LogP contribution is -2.32. The summed E-state index contributed by atoms with van der Waals surface area (Å²) in [6.07, 6.45) is 3.84. The number of ether oxygens (including phenoxy) is 1. The van der Waals surface area contributed by atoms with Gasteiger partial charge in [-0.05, 0) is 50.5 Å². The molecule has 1 N–H and O–H groups in total. The van der Waals surface area contributed by atoms with E-state index in [0.717, 1.165) is 13.1 Å². The van der Waals surface area contributed by atoms with Crippen LogP contribution in [0.5, 0.6) is 0 Å². The van der Waals surface area contributed by atoms with Crippen LogP contribution in [0.3, 0.4) is 0 Å². The largest absolute Gasteiger partial charge is 0.380 e.